The van der Waals surface area contributed by atoms with Gasteiger partial charge in [0.15, 0.2) is 0 Å². The number of hydrogen-bond acceptors (Lipinski definition) is 4. The lowest BCUT2D eigenvalue weighted by molar-refractivity contribution is -0.161. The summed E-state index contributed by atoms with van der Waals surface area (Å²) in [6.07, 6.45) is -0.386. The zero-order chi connectivity index (χ0) is 18.6. The van der Waals surface area contributed by atoms with Crippen molar-refractivity contribution in [1.82, 2.24) is 5.32 Å². The average Bonchev–Trinajstić information content (AvgIpc) is 2.75. The number of esters is 1. The summed E-state index contributed by atoms with van der Waals surface area (Å²) in [5, 5.41) is 3.51. The third kappa shape index (κ3) is 3.57. The van der Waals surface area contributed by atoms with Crippen LogP contribution in [0.1, 0.15) is 34.9 Å². The first-order valence-electron chi connectivity index (χ1n) is 8.96. The first-order chi connectivity index (χ1) is 13.3. The van der Waals surface area contributed by atoms with Gasteiger partial charge in [0, 0.05) is 0 Å². The van der Waals surface area contributed by atoms with Gasteiger partial charge in [-0.15, -0.1) is 0 Å². The minimum Gasteiger partial charge on any atom is -0.497 e. The number of morpholine rings is 1. The van der Waals surface area contributed by atoms with Crippen LogP contribution in [0.15, 0.2) is 84.9 Å². The lowest BCUT2D eigenvalue weighted by Gasteiger charge is -2.37. The molecule has 0 aromatic heterocycles. The van der Waals surface area contributed by atoms with Crippen molar-refractivity contribution < 1.29 is 14.3 Å². The Bertz CT molecular complexity index is 911. The van der Waals surface area contributed by atoms with Gasteiger partial charge in [-0.25, -0.2) is 4.79 Å². The lowest BCUT2D eigenvalue weighted by atomic mass is 9.91. The van der Waals surface area contributed by atoms with E-state index >= 15 is 0 Å². The van der Waals surface area contributed by atoms with Crippen LogP contribution in [0.2, 0.25) is 0 Å². The molecule has 27 heavy (non-hydrogen) atoms. The van der Waals surface area contributed by atoms with Crippen LogP contribution in [0, 0.1) is 0 Å². The zero-order valence-corrected chi connectivity index (χ0v) is 15.0. The molecular formula is C23H21NO3. The molecule has 4 heteroatoms. The molecule has 1 fully saturated rings. The van der Waals surface area contributed by atoms with E-state index in [9.17, 15) is 4.79 Å². The molecule has 3 aromatic carbocycles. The number of nitrogens with one attached hydrogen (secondary N) is 1. The molecule has 4 nitrogen and oxygen atoms in total. The average molecular weight is 359 g/mol. The number of carbonyl (C=O) groups excluding carboxylic acids is 1. The van der Waals surface area contributed by atoms with Gasteiger partial charge in [0.05, 0.1) is 13.2 Å². The molecule has 0 amide bonds. The van der Waals surface area contributed by atoms with Gasteiger partial charge in [-0.2, -0.15) is 0 Å². The van der Waals surface area contributed by atoms with Gasteiger partial charge in [-0.05, 0) is 28.8 Å². The molecule has 1 aliphatic heterocycles. The molecule has 136 valence electrons. The van der Waals surface area contributed by atoms with Gasteiger partial charge in [-0.1, -0.05) is 72.8 Å². The van der Waals surface area contributed by atoms with Crippen molar-refractivity contribution in [3.05, 3.63) is 102 Å². The smallest absolute Gasteiger partial charge is 0.328 e. The standard InChI is InChI=1S/C23H21NO3/c1-26-19-14-8-13-18(15-19)21-23(25)27-22(17-11-6-3-7-12-17)20(24-21)16-9-4-2-5-10-16/h2-15,20-22,24H,1H3/t20-,21-,22+/m0/s1. The monoisotopic (exact) mass is 359 g/mol. The highest BCUT2D eigenvalue weighted by Gasteiger charge is 2.39. The number of rotatable bonds is 4. The van der Waals surface area contributed by atoms with Crippen molar-refractivity contribution in [3.63, 3.8) is 0 Å². The molecule has 3 atom stereocenters. The number of cyclic esters (lactones) is 1. The van der Waals surface area contributed by atoms with Gasteiger partial charge in [0.2, 0.25) is 0 Å². The van der Waals surface area contributed by atoms with E-state index in [1.807, 2.05) is 72.8 Å². The number of carbonyl (C=O) groups is 1. The largest absolute Gasteiger partial charge is 0.497 e. The first-order valence-corrected chi connectivity index (χ1v) is 8.96. The summed E-state index contributed by atoms with van der Waals surface area (Å²) >= 11 is 0. The van der Waals surface area contributed by atoms with E-state index in [1.165, 1.54) is 0 Å². The van der Waals surface area contributed by atoms with E-state index in [0.717, 1.165) is 16.7 Å². The van der Waals surface area contributed by atoms with Gasteiger partial charge in [-0.3, -0.25) is 5.32 Å². The maximum Gasteiger partial charge on any atom is 0.328 e. The highest BCUT2D eigenvalue weighted by atomic mass is 16.5. The molecule has 1 heterocycles. The molecule has 0 bridgehead atoms. The van der Waals surface area contributed by atoms with Crippen molar-refractivity contribution in [1.29, 1.82) is 0 Å². The Morgan fingerprint density at radius 3 is 2.11 bits per heavy atom. The quantitative estimate of drug-likeness (QED) is 0.703. The third-order valence-corrected chi connectivity index (χ3v) is 4.84. The van der Waals surface area contributed by atoms with Crippen molar-refractivity contribution in [2.75, 3.05) is 7.11 Å². The Labute approximate surface area is 158 Å². The molecule has 0 radical (unpaired) electrons. The summed E-state index contributed by atoms with van der Waals surface area (Å²) in [6, 6.07) is 26.7. The molecule has 1 saturated heterocycles. The number of methoxy groups -OCH3 is 1. The molecule has 0 aliphatic carbocycles. The molecule has 3 aromatic rings. The van der Waals surface area contributed by atoms with E-state index in [0.29, 0.717) is 5.75 Å². The second kappa shape index (κ2) is 7.64. The summed E-state index contributed by atoms with van der Waals surface area (Å²) in [6.45, 7) is 0. The van der Waals surface area contributed by atoms with Crippen LogP contribution in [0.3, 0.4) is 0 Å². The highest BCUT2D eigenvalue weighted by Crippen LogP contribution is 2.39. The van der Waals surface area contributed by atoms with Gasteiger partial charge < -0.3 is 9.47 Å². The first kappa shape index (κ1) is 17.3. The van der Waals surface area contributed by atoms with Crippen molar-refractivity contribution in [3.8, 4) is 5.75 Å². The lowest BCUT2D eigenvalue weighted by Crippen LogP contribution is -2.43. The van der Waals surface area contributed by atoms with Gasteiger partial charge in [0.25, 0.3) is 0 Å². The Hall–Kier alpha value is -3.11. The van der Waals surface area contributed by atoms with E-state index in [-0.39, 0.29) is 18.1 Å². The van der Waals surface area contributed by atoms with Crippen LogP contribution in [-0.4, -0.2) is 13.1 Å². The Morgan fingerprint density at radius 1 is 0.815 bits per heavy atom. The molecule has 4 rings (SSSR count). The Morgan fingerprint density at radius 2 is 1.44 bits per heavy atom. The topological polar surface area (TPSA) is 47.6 Å². The van der Waals surface area contributed by atoms with E-state index in [2.05, 4.69) is 17.4 Å². The fourth-order valence-corrected chi connectivity index (χ4v) is 3.48. The van der Waals surface area contributed by atoms with Crippen molar-refractivity contribution >= 4 is 5.97 Å². The summed E-state index contributed by atoms with van der Waals surface area (Å²) in [4.78, 5) is 12.8. The summed E-state index contributed by atoms with van der Waals surface area (Å²) in [7, 11) is 1.62. The van der Waals surface area contributed by atoms with Crippen LogP contribution in [-0.2, 0) is 9.53 Å². The molecular weight excluding hydrogens is 338 g/mol. The minimum absolute atomic E-state index is 0.150. The minimum atomic E-state index is -0.551. The molecule has 1 aliphatic rings. The predicted octanol–water partition coefficient (Wildman–Crippen LogP) is 4.37. The van der Waals surface area contributed by atoms with Crippen molar-refractivity contribution in [2.45, 2.75) is 18.2 Å². The van der Waals surface area contributed by atoms with Gasteiger partial charge >= 0.3 is 5.97 Å². The Balaban J connectivity index is 1.72. The fourth-order valence-electron chi connectivity index (χ4n) is 3.48. The normalized spacial score (nSPS) is 22.1. The van der Waals surface area contributed by atoms with Crippen LogP contribution in [0.25, 0.3) is 0 Å². The third-order valence-electron chi connectivity index (χ3n) is 4.84. The van der Waals surface area contributed by atoms with Gasteiger partial charge in [0.1, 0.15) is 17.9 Å². The second-order valence-corrected chi connectivity index (χ2v) is 6.53. The number of ether oxygens (including phenoxy) is 2. The SMILES string of the molecule is COc1cccc([C@@H]2N[C@@H](c3ccccc3)[C@@H](c3ccccc3)OC2=O)c1. The van der Waals surface area contributed by atoms with Crippen LogP contribution >= 0.6 is 0 Å². The van der Waals surface area contributed by atoms with Crippen LogP contribution in [0.4, 0.5) is 0 Å². The van der Waals surface area contributed by atoms with Crippen LogP contribution < -0.4 is 10.1 Å². The number of benzene rings is 3. The fraction of sp³-hybridized carbons (Fsp3) is 0.174. The van der Waals surface area contributed by atoms with E-state index in [4.69, 9.17) is 9.47 Å². The van der Waals surface area contributed by atoms with Crippen LogP contribution in [0.5, 0.6) is 5.75 Å². The molecule has 0 unspecified atom stereocenters. The predicted molar refractivity (Wildman–Crippen MR) is 103 cm³/mol. The number of hydrogen-bond donors (Lipinski definition) is 1. The second-order valence-electron chi connectivity index (χ2n) is 6.53. The maximum atomic E-state index is 12.8. The van der Waals surface area contributed by atoms with Crippen molar-refractivity contribution in [2.24, 2.45) is 0 Å². The maximum absolute atomic E-state index is 12.8. The van der Waals surface area contributed by atoms with E-state index in [1.54, 1.807) is 7.11 Å². The molecule has 1 N–H and O–H groups in total. The van der Waals surface area contributed by atoms with E-state index < -0.39 is 6.04 Å². The zero-order valence-electron chi connectivity index (χ0n) is 15.0. The Kier molecular flexibility index (Phi) is 4.90. The molecule has 0 saturated carbocycles. The highest BCUT2D eigenvalue weighted by molar-refractivity contribution is 5.79. The molecule has 0 spiro atoms. The summed E-state index contributed by atoms with van der Waals surface area (Å²) in [5.74, 6) is 0.424. The summed E-state index contributed by atoms with van der Waals surface area (Å²) in [5.41, 5.74) is 2.87. The summed E-state index contributed by atoms with van der Waals surface area (Å²) < 4.78 is 11.2.